The molecule has 1 fully saturated rings. The molecule has 1 saturated heterocycles. The number of ether oxygens (including phenoxy) is 1. The molecular formula is C11H18N4O2S. The first-order chi connectivity index (χ1) is 8.67. The van der Waals surface area contributed by atoms with E-state index in [1.165, 1.54) is 11.5 Å². The van der Waals surface area contributed by atoms with E-state index in [4.69, 9.17) is 10.5 Å². The summed E-state index contributed by atoms with van der Waals surface area (Å²) in [5.74, 6) is 0.645. The summed E-state index contributed by atoms with van der Waals surface area (Å²) in [6.45, 7) is 2.55. The Hall–Kier alpha value is -1.34. The second kappa shape index (κ2) is 5.53. The Bertz CT molecular complexity index is 435. The molecule has 2 heterocycles. The number of amides is 1. The van der Waals surface area contributed by atoms with Gasteiger partial charge in [0.05, 0.1) is 6.61 Å². The minimum absolute atomic E-state index is 0.175. The lowest BCUT2D eigenvalue weighted by molar-refractivity contribution is 0.0964. The van der Waals surface area contributed by atoms with Crippen LogP contribution >= 0.6 is 11.5 Å². The summed E-state index contributed by atoms with van der Waals surface area (Å²) >= 11 is 1.29. The van der Waals surface area contributed by atoms with Crippen molar-refractivity contribution in [3.05, 3.63) is 5.56 Å². The number of carbonyl (C=O) groups excluding carboxylic acids is 1. The minimum Gasteiger partial charge on any atom is -0.384 e. The Morgan fingerprint density at radius 1 is 1.72 bits per heavy atom. The maximum absolute atomic E-state index is 11.8. The van der Waals surface area contributed by atoms with E-state index >= 15 is 0 Å². The van der Waals surface area contributed by atoms with Crippen molar-refractivity contribution in [2.75, 3.05) is 44.5 Å². The van der Waals surface area contributed by atoms with Gasteiger partial charge in [0.25, 0.3) is 5.91 Å². The monoisotopic (exact) mass is 270 g/mol. The summed E-state index contributed by atoms with van der Waals surface area (Å²) in [5.41, 5.74) is 6.27. The third-order valence-electron chi connectivity index (χ3n) is 3.13. The number of rotatable bonds is 4. The third kappa shape index (κ3) is 2.41. The molecule has 3 N–H and O–H groups in total. The second-order valence-electron chi connectivity index (χ2n) is 4.38. The first-order valence-electron chi connectivity index (χ1n) is 5.88. The van der Waals surface area contributed by atoms with E-state index in [-0.39, 0.29) is 5.91 Å². The lowest BCUT2D eigenvalue weighted by atomic mass is 10.1. The average molecular weight is 270 g/mol. The number of nitrogens with one attached hydrogen (secondary N) is 1. The summed E-state index contributed by atoms with van der Waals surface area (Å²) in [6, 6.07) is 0. The zero-order valence-corrected chi connectivity index (χ0v) is 11.4. The smallest absolute Gasteiger partial charge is 0.257 e. The predicted molar refractivity (Wildman–Crippen MR) is 72.1 cm³/mol. The van der Waals surface area contributed by atoms with Gasteiger partial charge in [0.2, 0.25) is 0 Å². The Morgan fingerprint density at radius 2 is 2.50 bits per heavy atom. The summed E-state index contributed by atoms with van der Waals surface area (Å²) in [6.07, 6.45) is 1.07. The first-order valence-corrected chi connectivity index (χ1v) is 6.65. The van der Waals surface area contributed by atoms with Crippen molar-refractivity contribution in [2.45, 2.75) is 6.42 Å². The molecule has 0 aliphatic carbocycles. The lowest BCUT2D eigenvalue weighted by Gasteiger charge is -2.17. The van der Waals surface area contributed by atoms with Crippen molar-refractivity contribution in [3.63, 3.8) is 0 Å². The first kappa shape index (κ1) is 13.1. The van der Waals surface area contributed by atoms with Gasteiger partial charge in [0.1, 0.15) is 10.6 Å². The molecular weight excluding hydrogens is 252 g/mol. The Kier molecular flexibility index (Phi) is 4.03. The molecule has 1 aliphatic rings. The summed E-state index contributed by atoms with van der Waals surface area (Å²) in [7, 11) is 3.31. The third-order valence-corrected chi connectivity index (χ3v) is 4.05. The number of nitrogen functional groups attached to an aromatic ring is 1. The number of carbonyl (C=O) groups is 1. The van der Waals surface area contributed by atoms with Crippen LogP contribution in [0.4, 0.5) is 10.8 Å². The number of aromatic nitrogens is 1. The van der Waals surface area contributed by atoms with Gasteiger partial charge < -0.3 is 20.7 Å². The van der Waals surface area contributed by atoms with Crippen LogP contribution in [0.15, 0.2) is 0 Å². The van der Waals surface area contributed by atoms with Crippen LogP contribution in [-0.2, 0) is 4.74 Å². The van der Waals surface area contributed by atoms with E-state index in [1.807, 2.05) is 0 Å². The molecule has 1 aromatic rings. The van der Waals surface area contributed by atoms with E-state index in [0.717, 1.165) is 31.1 Å². The number of anilines is 2. The SMILES string of the molecule is CNC(=O)c1c(N)nsc1N1CCC(COC)C1. The summed E-state index contributed by atoms with van der Waals surface area (Å²) in [4.78, 5) is 14.0. The highest BCUT2D eigenvalue weighted by molar-refractivity contribution is 7.11. The van der Waals surface area contributed by atoms with Gasteiger partial charge in [-0.05, 0) is 18.0 Å². The fourth-order valence-corrected chi connectivity index (χ4v) is 3.08. The second-order valence-corrected chi connectivity index (χ2v) is 5.13. The molecule has 0 saturated carbocycles. The quantitative estimate of drug-likeness (QED) is 0.835. The summed E-state index contributed by atoms with van der Waals surface area (Å²) in [5, 5.41) is 3.47. The van der Waals surface area contributed by atoms with Gasteiger partial charge in [-0.2, -0.15) is 4.37 Å². The maximum Gasteiger partial charge on any atom is 0.257 e. The van der Waals surface area contributed by atoms with Crippen molar-refractivity contribution in [3.8, 4) is 0 Å². The molecule has 0 bridgehead atoms. The molecule has 18 heavy (non-hydrogen) atoms. The highest BCUT2D eigenvalue weighted by Gasteiger charge is 2.28. The van der Waals surface area contributed by atoms with E-state index in [0.29, 0.717) is 17.3 Å². The van der Waals surface area contributed by atoms with Crippen LogP contribution in [0.2, 0.25) is 0 Å². The maximum atomic E-state index is 11.8. The van der Waals surface area contributed by atoms with Gasteiger partial charge in [0, 0.05) is 33.2 Å². The predicted octanol–water partition coefficient (Wildman–Crippen LogP) is 0.558. The molecule has 2 rings (SSSR count). The molecule has 7 heteroatoms. The van der Waals surface area contributed by atoms with Gasteiger partial charge in [-0.3, -0.25) is 4.79 Å². The minimum atomic E-state index is -0.175. The largest absolute Gasteiger partial charge is 0.384 e. The fourth-order valence-electron chi connectivity index (χ4n) is 2.24. The number of hydrogen-bond donors (Lipinski definition) is 2. The molecule has 0 aromatic carbocycles. The van der Waals surface area contributed by atoms with Gasteiger partial charge in [0.15, 0.2) is 5.82 Å². The standard InChI is InChI=1S/C11H18N4O2S/c1-13-10(16)8-9(12)14-18-11(8)15-4-3-7(5-15)6-17-2/h7H,3-6H2,1-2H3,(H2,12,14)(H,13,16). The Balaban J connectivity index is 2.17. The molecule has 1 amide bonds. The highest BCUT2D eigenvalue weighted by atomic mass is 32.1. The van der Waals surface area contributed by atoms with E-state index in [2.05, 4.69) is 14.6 Å². The van der Waals surface area contributed by atoms with Gasteiger partial charge in [-0.25, -0.2) is 0 Å². The highest BCUT2D eigenvalue weighted by Crippen LogP contribution is 2.34. The van der Waals surface area contributed by atoms with Crippen LogP contribution in [0.1, 0.15) is 16.8 Å². The van der Waals surface area contributed by atoms with Crippen LogP contribution in [0.25, 0.3) is 0 Å². The van der Waals surface area contributed by atoms with Crippen molar-refractivity contribution in [2.24, 2.45) is 5.92 Å². The van der Waals surface area contributed by atoms with Crippen LogP contribution in [0.3, 0.4) is 0 Å². The lowest BCUT2D eigenvalue weighted by Crippen LogP contribution is -2.25. The van der Waals surface area contributed by atoms with Crippen molar-refractivity contribution in [1.29, 1.82) is 0 Å². The average Bonchev–Trinajstić information content (AvgIpc) is 2.95. The zero-order chi connectivity index (χ0) is 13.1. The molecule has 0 radical (unpaired) electrons. The zero-order valence-electron chi connectivity index (χ0n) is 10.6. The van der Waals surface area contributed by atoms with Crippen LogP contribution < -0.4 is 16.0 Å². The molecule has 100 valence electrons. The van der Waals surface area contributed by atoms with Crippen LogP contribution in [-0.4, -0.2) is 44.1 Å². The van der Waals surface area contributed by atoms with E-state index in [9.17, 15) is 4.79 Å². The molecule has 0 spiro atoms. The van der Waals surface area contributed by atoms with Crippen molar-refractivity contribution < 1.29 is 9.53 Å². The Morgan fingerprint density at radius 3 is 3.17 bits per heavy atom. The molecule has 1 aromatic heterocycles. The molecule has 1 unspecified atom stereocenters. The number of hydrogen-bond acceptors (Lipinski definition) is 6. The molecule has 1 aliphatic heterocycles. The van der Waals surface area contributed by atoms with Crippen LogP contribution in [0.5, 0.6) is 0 Å². The molecule has 1 atom stereocenters. The van der Waals surface area contributed by atoms with Crippen LogP contribution in [0, 0.1) is 5.92 Å². The van der Waals surface area contributed by atoms with Crippen molar-refractivity contribution >= 4 is 28.3 Å². The summed E-state index contributed by atoms with van der Waals surface area (Å²) < 4.78 is 9.26. The van der Waals surface area contributed by atoms with E-state index < -0.39 is 0 Å². The van der Waals surface area contributed by atoms with Crippen molar-refractivity contribution in [1.82, 2.24) is 9.69 Å². The van der Waals surface area contributed by atoms with Gasteiger partial charge in [-0.15, -0.1) is 0 Å². The van der Waals surface area contributed by atoms with Gasteiger partial charge >= 0.3 is 0 Å². The topological polar surface area (TPSA) is 80.5 Å². The molecule has 6 nitrogen and oxygen atoms in total. The number of methoxy groups -OCH3 is 1. The normalized spacial score (nSPS) is 19.2. The van der Waals surface area contributed by atoms with Gasteiger partial charge in [-0.1, -0.05) is 0 Å². The number of nitrogens with zero attached hydrogens (tertiary/aromatic N) is 2. The fraction of sp³-hybridized carbons (Fsp3) is 0.636. The Labute approximate surface area is 110 Å². The van der Waals surface area contributed by atoms with E-state index in [1.54, 1.807) is 14.2 Å². The number of nitrogens with two attached hydrogens (primary N) is 1.